The van der Waals surface area contributed by atoms with Gasteiger partial charge in [0.1, 0.15) is 0 Å². The van der Waals surface area contributed by atoms with Crippen LogP contribution in [0.2, 0.25) is 0 Å². The number of hydrogen-bond acceptors (Lipinski definition) is 4. The summed E-state index contributed by atoms with van der Waals surface area (Å²) in [6, 6.07) is 5.93. The first kappa shape index (κ1) is 14.6. The molecule has 0 unspecified atom stereocenters. The predicted molar refractivity (Wildman–Crippen MR) is 95.7 cm³/mol. The summed E-state index contributed by atoms with van der Waals surface area (Å²) in [6.45, 7) is 4.17. The van der Waals surface area contributed by atoms with E-state index in [2.05, 4.69) is 11.0 Å². The standard InChI is InChI=1S/C19H21N3OS/c23-18(15-5-9-24-11-15)22-13-19(17-16(22)2-1-7-20-17)6-8-21(12-19)10-14-3-4-14/h1-2,5,7,9,11,14H,3-4,6,8,10,12-13H2/t19-/m1/s1. The van der Waals surface area contributed by atoms with Gasteiger partial charge in [0.15, 0.2) is 0 Å². The quantitative estimate of drug-likeness (QED) is 0.862. The van der Waals surface area contributed by atoms with Gasteiger partial charge in [0.05, 0.1) is 16.9 Å². The molecule has 0 bridgehead atoms. The van der Waals surface area contributed by atoms with Crippen molar-refractivity contribution in [3.63, 3.8) is 0 Å². The van der Waals surface area contributed by atoms with Crippen LogP contribution in [0.25, 0.3) is 0 Å². The van der Waals surface area contributed by atoms with E-state index < -0.39 is 0 Å². The lowest BCUT2D eigenvalue weighted by atomic mass is 9.85. The zero-order chi connectivity index (χ0) is 16.1. The number of thiophene rings is 1. The molecule has 1 spiro atoms. The van der Waals surface area contributed by atoms with Crippen molar-refractivity contribution in [3.8, 4) is 0 Å². The molecule has 1 saturated carbocycles. The molecule has 124 valence electrons. The Morgan fingerprint density at radius 2 is 2.25 bits per heavy atom. The monoisotopic (exact) mass is 339 g/mol. The maximum atomic E-state index is 13.0. The van der Waals surface area contributed by atoms with Gasteiger partial charge in [-0.2, -0.15) is 11.3 Å². The van der Waals surface area contributed by atoms with Gasteiger partial charge < -0.3 is 9.80 Å². The van der Waals surface area contributed by atoms with Crippen molar-refractivity contribution in [2.75, 3.05) is 31.1 Å². The van der Waals surface area contributed by atoms with Crippen LogP contribution in [0.15, 0.2) is 35.2 Å². The Labute approximate surface area is 146 Å². The van der Waals surface area contributed by atoms with Crippen LogP contribution in [-0.2, 0) is 5.41 Å². The minimum absolute atomic E-state index is 0.0250. The second-order valence-electron chi connectivity index (χ2n) is 7.48. The summed E-state index contributed by atoms with van der Waals surface area (Å²) < 4.78 is 0. The van der Waals surface area contributed by atoms with E-state index in [1.165, 1.54) is 19.4 Å². The zero-order valence-corrected chi connectivity index (χ0v) is 14.5. The van der Waals surface area contributed by atoms with Gasteiger partial charge in [0, 0.05) is 36.6 Å². The summed E-state index contributed by atoms with van der Waals surface area (Å²) >= 11 is 1.57. The summed E-state index contributed by atoms with van der Waals surface area (Å²) in [7, 11) is 0. The summed E-state index contributed by atoms with van der Waals surface area (Å²) in [5.41, 5.74) is 2.96. The van der Waals surface area contributed by atoms with Crippen LogP contribution in [0.1, 0.15) is 35.3 Å². The van der Waals surface area contributed by atoms with Crippen molar-refractivity contribution < 1.29 is 4.79 Å². The third-order valence-electron chi connectivity index (χ3n) is 5.70. The highest BCUT2D eigenvalue weighted by atomic mass is 32.1. The molecule has 4 heterocycles. The molecular formula is C19H21N3OS. The molecular weight excluding hydrogens is 318 g/mol. The lowest BCUT2D eigenvalue weighted by Gasteiger charge is -2.25. The number of amides is 1. The normalized spacial score (nSPS) is 26.2. The fraction of sp³-hybridized carbons (Fsp3) is 0.474. The number of rotatable bonds is 3. The van der Waals surface area contributed by atoms with Crippen molar-refractivity contribution in [1.29, 1.82) is 0 Å². The number of pyridine rings is 1. The van der Waals surface area contributed by atoms with E-state index >= 15 is 0 Å². The van der Waals surface area contributed by atoms with Crippen LogP contribution in [-0.4, -0.2) is 42.0 Å². The van der Waals surface area contributed by atoms with E-state index in [0.29, 0.717) is 0 Å². The molecule has 5 rings (SSSR count). The highest BCUT2D eigenvalue weighted by Crippen LogP contribution is 2.46. The smallest absolute Gasteiger partial charge is 0.259 e. The van der Waals surface area contributed by atoms with E-state index in [1.54, 1.807) is 11.3 Å². The average molecular weight is 339 g/mol. The lowest BCUT2D eigenvalue weighted by molar-refractivity contribution is 0.0985. The maximum Gasteiger partial charge on any atom is 0.259 e. The highest BCUT2D eigenvalue weighted by Gasteiger charge is 2.50. The Balaban J connectivity index is 1.47. The van der Waals surface area contributed by atoms with E-state index in [0.717, 1.165) is 48.9 Å². The SMILES string of the molecule is O=C(c1ccsc1)N1C[C@]2(CCN(CC3CC3)C2)c2ncccc21. The second-order valence-corrected chi connectivity index (χ2v) is 8.26. The van der Waals surface area contributed by atoms with Crippen LogP contribution in [0.3, 0.4) is 0 Å². The van der Waals surface area contributed by atoms with Crippen molar-refractivity contribution in [3.05, 3.63) is 46.4 Å². The number of likely N-dealkylation sites (tertiary alicyclic amines) is 1. The van der Waals surface area contributed by atoms with Crippen LogP contribution in [0.4, 0.5) is 5.69 Å². The molecule has 0 N–H and O–H groups in total. The van der Waals surface area contributed by atoms with Crippen molar-refractivity contribution in [2.24, 2.45) is 5.92 Å². The third-order valence-corrected chi connectivity index (χ3v) is 6.38. The van der Waals surface area contributed by atoms with Gasteiger partial charge in [0.2, 0.25) is 0 Å². The first-order valence-corrected chi connectivity index (χ1v) is 9.71. The number of hydrogen-bond donors (Lipinski definition) is 0. The first-order valence-electron chi connectivity index (χ1n) is 8.77. The first-order chi connectivity index (χ1) is 11.8. The van der Waals surface area contributed by atoms with Gasteiger partial charge in [-0.1, -0.05) is 0 Å². The number of nitrogens with zero attached hydrogens (tertiary/aromatic N) is 3. The van der Waals surface area contributed by atoms with Crippen LogP contribution in [0, 0.1) is 5.92 Å². The third kappa shape index (κ3) is 2.30. The number of anilines is 1. The molecule has 1 amide bonds. The van der Waals surface area contributed by atoms with Crippen LogP contribution in [0.5, 0.6) is 0 Å². The Morgan fingerprint density at radius 1 is 1.33 bits per heavy atom. The van der Waals surface area contributed by atoms with Crippen molar-refractivity contribution >= 4 is 22.9 Å². The largest absolute Gasteiger partial charge is 0.305 e. The topological polar surface area (TPSA) is 36.4 Å². The van der Waals surface area contributed by atoms with E-state index in [-0.39, 0.29) is 11.3 Å². The number of carbonyl (C=O) groups excluding carboxylic acids is 1. The highest BCUT2D eigenvalue weighted by molar-refractivity contribution is 7.08. The molecule has 1 aliphatic carbocycles. The summed E-state index contributed by atoms with van der Waals surface area (Å²) in [5, 5.41) is 3.91. The van der Waals surface area contributed by atoms with Gasteiger partial charge in [-0.3, -0.25) is 9.78 Å². The molecule has 0 aromatic carbocycles. The molecule has 0 radical (unpaired) electrons. The van der Waals surface area contributed by atoms with E-state index in [9.17, 15) is 4.79 Å². The Morgan fingerprint density at radius 3 is 3.04 bits per heavy atom. The zero-order valence-electron chi connectivity index (χ0n) is 13.6. The number of fused-ring (bicyclic) bond motifs is 2. The fourth-order valence-corrected chi connectivity index (χ4v) is 4.94. The molecule has 3 aliphatic rings. The molecule has 2 aromatic heterocycles. The molecule has 2 fully saturated rings. The summed E-state index contributed by atoms with van der Waals surface area (Å²) in [4.78, 5) is 22.2. The lowest BCUT2D eigenvalue weighted by Crippen LogP contribution is -2.39. The molecule has 4 nitrogen and oxygen atoms in total. The average Bonchev–Trinajstić information content (AvgIpc) is 3.04. The van der Waals surface area contributed by atoms with Gasteiger partial charge in [-0.05, 0) is 55.3 Å². The molecule has 2 aromatic rings. The fourth-order valence-electron chi connectivity index (χ4n) is 4.31. The molecule has 1 atom stereocenters. The van der Waals surface area contributed by atoms with Gasteiger partial charge in [-0.15, -0.1) is 0 Å². The molecule has 2 aliphatic heterocycles. The predicted octanol–water partition coefficient (Wildman–Crippen LogP) is 3.16. The van der Waals surface area contributed by atoms with Crippen molar-refractivity contribution in [1.82, 2.24) is 9.88 Å². The van der Waals surface area contributed by atoms with E-state index in [1.807, 2.05) is 34.0 Å². The molecule has 1 saturated heterocycles. The Hall–Kier alpha value is -1.72. The van der Waals surface area contributed by atoms with Gasteiger partial charge in [-0.25, -0.2) is 0 Å². The summed E-state index contributed by atoms with van der Waals surface area (Å²) in [5.74, 6) is 1.02. The minimum atomic E-state index is 0.0250. The minimum Gasteiger partial charge on any atom is -0.305 e. The van der Waals surface area contributed by atoms with Crippen molar-refractivity contribution in [2.45, 2.75) is 24.7 Å². The molecule has 5 heteroatoms. The van der Waals surface area contributed by atoms with Gasteiger partial charge >= 0.3 is 0 Å². The molecule has 24 heavy (non-hydrogen) atoms. The Bertz CT molecular complexity index is 771. The Kier molecular flexibility index (Phi) is 3.28. The number of carbonyl (C=O) groups is 1. The van der Waals surface area contributed by atoms with E-state index in [4.69, 9.17) is 4.98 Å². The maximum absolute atomic E-state index is 13.0. The van der Waals surface area contributed by atoms with Crippen LogP contribution < -0.4 is 4.90 Å². The van der Waals surface area contributed by atoms with Crippen LogP contribution >= 0.6 is 11.3 Å². The van der Waals surface area contributed by atoms with Gasteiger partial charge in [0.25, 0.3) is 5.91 Å². The summed E-state index contributed by atoms with van der Waals surface area (Å²) in [6.07, 6.45) is 5.77. The number of aromatic nitrogens is 1. The second kappa shape index (κ2) is 5.39.